The molecule has 0 radical (unpaired) electrons. The summed E-state index contributed by atoms with van der Waals surface area (Å²) in [6.45, 7) is 2.96. The molecule has 0 spiro atoms. The highest BCUT2D eigenvalue weighted by molar-refractivity contribution is 7.98. The van der Waals surface area contributed by atoms with Gasteiger partial charge in [0.15, 0.2) is 0 Å². The molecule has 0 saturated carbocycles. The number of nitrogens with zero attached hydrogens (tertiary/aromatic N) is 1. The average molecular weight is 435 g/mol. The van der Waals surface area contributed by atoms with Crippen molar-refractivity contribution < 1.29 is 17.9 Å². The molecule has 8 heteroatoms. The highest BCUT2D eigenvalue weighted by Gasteiger charge is 2.26. The Kier molecular flexibility index (Phi) is 7.21. The first kappa shape index (κ1) is 21.7. The first-order valence-electron chi connectivity index (χ1n) is 9.52. The molecular formula is C21H26N2O4S2. The molecule has 1 heterocycles. The molecule has 2 aromatic rings. The van der Waals surface area contributed by atoms with Gasteiger partial charge in [-0.15, -0.1) is 0 Å². The van der Waals surface area contributed by atoms with Crippen LogP contribution >= 0.6 is 11.8 Å². The molecule has 0 unspecified atom stereocenters. The summed E-state index contributed by atoms with van der Waals surface area (Å²) in [4.78, 5) is 13.8. The topological polar surface area (TPSA) is 75.7 Å². The zero-order chi connectivity index (χ0) is 20.9. The molecule has 1 N–H and O–H groups in total. The standard InChI is InChI=1S/C21H26N2O4S2/c1-16-5-3-6-17(13-16)15-28-12-10-22-29(25,26)18-8-9-20(27-2)19(14-18)23-11-4-7-21(23)24/h3,5-6,8-9,13-14,22H,4,7,10-12,15H2,1-2H3. The Morgan fingerprint density at radius 1 is 1.21 bits per heavy atom. The summed E-state index contributed by atoms with van der Waals surface area (Å²) in [5.74, 6) is 1.99. The second-order valence-corrected chi connectivity index (χ2v) is 9.79. The maximum Gasteiger partial charge on any atom is 0.240 e. The van der Waals surface area contributed by atoms with Crippen LogP contribution in [0.5, 0.6) is 5.75 Å². The van der Waals surface area contributed by atoms with Crippen LogP contribution in [0.1, 0.15) is 24.0 Å². The molecule has 2 aromatic carbocycles. The number of rotatable bonds is 9. The van der Waals surface area contributed by atoms with E-state index in [0.717, 1.165) is 12.2 Å². The van der Waals surface area contributed by atoms with E-state index in [2.05, 4.69) is 29.8 Å². The second kappa shape index (κ2) is 9.65. The largest absolute Gasteiger partial charge is 0.495 e. The molecule has 1 fully saturated rings. The van der Waals surface area contributed by atoms with Crippen molar-refractivity contribution >= 4 is 33.4 Å². The molecule has 6 nitrogen and oxygen atoms in total. The van der Waals surface area contributed by atoms with Crippen molar-refractivity contribution in [3.05, 3.63) is 53.6 Å². The quantitative estimate of drug-likeness (QED) is 0.613. The van der Waals surface area contributed by atoms with Crippen LogP contribution in [0.15, 0.2) is 47.4 Å². The van der Waals surface area contributed by atoms with Crippen LogP contribution in [-0.2, 0) is 20.6 Å². The van der Waals surface area contributed by atoms with E-state index in [9.17, 15) is 13.2 Å². The van der Waals surface area contributed by atoms with Crippen molar-refractivity contribution in [3.8, 4) is 5.75 Å². The lowest BCUT2D eigenvalue weighted by Crippen LogP contribution is -2.27. The number of carbonyl (C=O) groups is 1. The van der Waals surface area contributed by atoms with Gasteiger partial charge in [0.1, 0.15) is 5.75 Å². The Labute approximate surface area is 176 Å². The molecule has 156 valence electrons. The van der Waals surface area contributed by atoms with Crippen molar-refractivity contribution in [2.24, 2.45) is 0 Å². The van der Waals surface area contributed by atoms with Crippen LogP contribution in [0.4, 0.5) is 5.69 Å². The fraction of sp³-hybridized carbons (Fsp3) is 0.381. The van der Waals surface area contributed by atoms with Crippen LogP contribution in [0, 0.1) is 6.92 Å². The Morgan fingerprint density at radius 3 is 2.72 bits per heavy atom. The van der Waals surface area contributed by atoms with Crippen LogP contribution in [-0.4, -0.2) is 40.3 Å². The van der Waals surface area contributed by atoms with E-state index < -0.39 is 10.0 Å². The number of sulfonamides is 1. The summed E-state index contributed by atoms with van der Waals surface area (Å²) in [5.41, 5.74) is 2.95. The number of carbonyl (C=O) groups excluding carboxylic acids is 1. The number of hydrogen-bond donors (Lipinski definition) is 1. The summed E-state index contributed by atoms with van der Waals surface area (Å²) < 4.78 is 33.4. The molecule has 1 aliphatic rings. The SMILES string of the molecule is COc1ccc(S(=O)(=O)NCCSCc2cccc(C)c2)cc1N1CCCC1=O. The number of methoxy groups -OCH3 is 1. The van der Waals surface area contributed by atoms with E-state index in [0.29, 0.717) is 36.7 Å². The van der Waals surface area contributed by atoms with Crippen molar-refractivity contribution in [2.75, 3.05) is 30.9 Å². The van der Waals surface area contributed by atoms with Crippen LogP contribution in [0.3, 0.4) is 0 Å². The number of thioether (sulfide) groups is 1. The minimum atomic E-state index is -3.66. The van der Waals surface area contributed by atoms with Gasteiger partial charge in [0.2, 0.25) is 15.9 Å². The fourth-order valence-electron chi connectivity index (χ4n) is 3.27. The zero-order valence-corrected chi connectivity index (χ0v) is 18.3. The van der Waals surface area contributed by atoms with Gasteiger partial charge in [0, 0.05) is 31.0 Å². The Balaban J connectivity index is 1.61. The van der Waals surface area contributed by atoms with E-state index in [-0.39, 0.29) is 10.8 Å². The molecule has 0 aliphatic carbocycles. The van der Waals surface area contributed by atoms with Crippen molar-refractivity contribution in [1.29, 1.82) is 0 Å². The van der Waals surface area contributed by atoms with E-state index in [4.69, 9.17) is 4.74 Å². The summed E-state index contributed by atoms with van der Waals surface area (Å²) in [5, 5.41) is 0. The predicted octanol–water partition coefficient (Wildman–Crippen LogP) is 3.34. The average Bonchev–Trinajstić information content (AvgIpc) is 3.13. The summed E-state index contributed by atoms with van der Waals surface area (Å²) in [6.07, 6.45) is 1.23. The van der Waals surface area contributed by atoms with Crippen molar-refractivity contribution in [2.45, 2.75) is 30.4 Å². The number of benzene rings is 2. The van der Waals surface area contributed by atoms with E-state index in [1.54, 1.807) is 22.7 Å². The number of nitrogens with one attached hydrogen (secondary N) is 1. The third kappa shape index (κ3) is 5.52. The van der Waals surface area contributed by atoms with E-state index in [1.807, 2.05) is 6.07 Å². The smallest absolute Gasteiger partial charge is 0.240 e. The maximum atomic E-state index is 12.7. The molecule has 3 rings (SSSR count). The monoisotopic (exact) mass is 434 g/mol. The third-order valence-corrected chi connectivity index (χ3v) is 7.20. The first-order chi connectivity index (χ1) is 13.9. The Morgan fingerprint density at radius 2 is 2.03 bits per heavy atom. The van der Waals surface area contributed by atoms with Gasteiger partial charge in [-0.3, -0.25) is 4.79 Å². The summed E-state index contributed by atoms with van der Waals surface area (Å²) in [7, 11) is -2.15. The first-order valence-corrected chi connectivity index (χ1v) is 12.2. The fourth-order valence-corrected chi connectivity index (χ4v) is 5.26. The molecule has 0 atom stereocenters. The summed E-state index contributed by atoms with van der Waals surface area (Å²) in [6, 6.07) is 12.9. The van der Waals surface area contributed by atoms with Gasteiger partial charge in [-0.25, -0.2) is 13.1 Å². The molecule has 0 bridgehead atoms. The number of ether oxygens (including phenoxy) is 1. The van der Waals surface area contributed by atoms with Gasteiger partial charge < -0.3 is 9.64 Å². The van der Waals surface area contributed by atoms with E-state index in [1.165, 1.54) is 30.4 Å². The molecule has 1 saturated heterocycles. The predicted molar refractivity (Wildman–Crippen MR) is 117 cm³/mol. The zero-order valence-electron chi connectivity index (χ0n) is 16.7. The van der Waals surface area contributed by atoms with Gasteiger partial charge in [-0.1, -0.05) is 29.8 Å². The van der Waals surface area contributed by atoms with Crippen molar-refractivity contribution in [3.63, 3.8) is 0 Å². The minimum Gasteiger partial charge on any atom is -0.495 e. The number of amides is 1. The Bertz CT molecular complexity index is 976. The minimum absolute atomic E-state index is 0.0154. The lowest BCUT2D eigenvalue weighted by molar-refractivity contribution is -0.117. The molecule has 1 amide bonds. The number of aryl methyl sites for hydroxylation is 1. The number of anilines is 1. The van der Waals surface area contributed by atoms with E-state index >= 15 is 0 Å². The Hall–Kier alpha value is -2.03. The third-order valence-electron chi connectivity index (χ3n) is 4.71. The second-order valence-electron chi connectivity index (χ2n) is 6.92. The van der Waals surface area contributed by atoms with Gasteiger partial charge in [0.25, 0.3) is 0 Å². The van der Waals surface area contributed by atoms with Crippen LogP contribution in [0.2, 0.25) is 0 Å². The lowest BCUT2D eigenvalue weighted by Gasteiger charge is -2.20. The van der Waals surface area contributed by atoms with Crippen LogP contribution < -0.4 is 14.4 Å². The molecule has 0 aromatic heterocycles. The number of hydrogen-bond acceptors (Lipinski definition) is 5. The van der Waals surface area contributed by atoms with Gasteiger partial charge in [-0.2, -0.15) is 11.8 Å². The summed E-state index contributed by atoms with van der Waals surface area (Å²) >= 11 is 1.68. The normalized spacial score (nSPS) is 14.4. The van der Waals surface area contributed by atoms with Gasteiger partial charge >= 0.3 is 0 Å². The van der Waals surface area contributed by atoms with Gasteiger partial charge in [0.05, 0.1) is 17.7 Å². The van der Waals surface area contributed by atoms with Crippen molar-refractivity contribution in [1.82, 2.24) is 4.72 Å². The lowest BCUT2D eigenvalue weighted by atomic mass is 10.2. The highest BCUT2D eigenvalue weighted by atomic mass is 32.2. The van der Waals surface area contributed by atoms with Crippen LogP contribution in [0.25, 0.3) is 0 Å². The molecular weight excluding hydrogens is 408 g/mol. The highest BCUT2D eigenvalue weighted by Crippen LogP contribution is 2.33. The molecule has 1 aliphatic heterocycles. The maximum absolute atomic E-state index is 12.7. The molecule has 29 heavy (non-hydrogen) atoms. The van der Waals surface area contributed by atoms with Gasteiger partial charge in [-0.05, 0) is 37.1 Å².